The van der Waals surface area contributed by atoms with Crippen LogP contribution in [0.4, 0.5) is 4.39 Å². The quantitative estimate of drug-likeness (QED) is 0.781. The van der Waals surface area contributed by atoms with Crippen LogP contribution < -0.4 is 5.32 Å². The summed E-state index contributed by atoms with van der Waals surface area (Å²) in [6.07, 6.45) is 2.11. The van der Waals surface area contributed by atoms with E-state index in [9.17, 15) is 4.39 Å². The van der Waals surface area contributed by atoms with Crippen molar-refractivity contribution in [3.05, 3.63) is 35.1 Å². The van der Waals surface area contributed by atoms with Crippen molar-refractivity contribution in [2.45, 2.75) is 46.6 Å². The summed E-state index contributed by atoms with van der Waals surface area (Å²) < 4.78 is 13.9. The lowest BCUT2D eigenvalue weighted by Crippen LogP contribution is -2.22. The summed E-state index contributed by atoms with van der Waals surface area (Å²) in [4.78, 5) is 0. The van der Waals surface area contributed by atoms with Crippen LogP contribution in [0.25, 0.3) is 0 Å². The molecule has 1 N–H and O–H groups in total. The molecule has 0 saturated carbocycles. The van der Waals surface area contributed by atoms with Gasteiger partial charge in [0, 0.05) is 11.6 Å². The van der Waals surface area contributed by atoms with Crippen LogP contribution in [0.2, 0.25) is 0 Å². The van der Waals surface area contributed by atoms with Crippen LogP contribution in [0.5, 0.6) is 0 Å². The molecule has 0 amide bonds. The van der Waals surface area contributed by atoms with Gasteiger partial charge >= 0.3 is 0 Å². The van der Waals surface area contributed by atoms with Gasteiger partial charge in [0.25, 0.3) is 0 Å². The lowest BCUT2D eigenvalue weighted by molar-refractivity contribution is 0.434. The molecule has 2 heteroatoms. The van der Waals surface area contributed by atoms with E-state index in [1.165, 1.54) is 0 Å². The van der Waals surface area contributed by atoms with Gasteiger partial charge in [-0.2, -0.15) is 0 Å². The lowest BCUT2D eigenvalue weighted by Gasteiger charge is -2.20. The molecule has 0 heterocycles. The maximum Gasteiger partial charge on any atom is 0.128 e. The van der Waals surface area contributed by atoms with Crippen molar-refractivity contribution in [1.82, 2.24) is 5.32 Å². The Morgan fingerprint density at radius 1 is 1.24 bits per heavy atom. The molecular formula is C15H24FN. The monoisotopic (exact) mass is 237 g/mol. The van der Waals surface area contributed by atoms with Crippen LogP contribution in [0.15, 0.2) is 18.2 Å². The van der Waals surface area contributed by atoms with Crippen molar-refractivity contribution >= 4 is 0 Å². The van der Waals surface area contributed by atoms with Crippen molar-refractivity contribution in [2.24, 2.45) is 5.92 Å². The van der Waals surface area contributed by atoms with Gasteiger partial charge in [-0.15, -0.1) is 0 Å². The summed E-state index contributed by atoms with van der Waals surface area (Å²) in [5, 5.41) is 3.37. The third-order valence-corrected chi connectivity index (χ3v) is 3.01. The van der Waals surface area contributed by atoms with E-state index in [2.05, 4.69) is 26.1 Å². The van der Waals surface area contributed by atoms with Crippen LogP contribution in [0.3, 0.4) is 0 Å². The normalized spacial score (nSPS) is 13.1. The molecule has 1 atom stereocenters. The van der Waals surface area contributed by atoms with Crippen LogP contribution >= 0.6 is 0 Å². The first-order chi connectivity index (χ1) is 8.04. The van der Waals surface area contributed by atoms with E-state index < -0.39 is 0 Å². The van der Waals surface area contributed by atoms with E-state index in [1.807, 2.05) is 19.1 Å². The number of rotatable bonds is 6. The van der Waals surface area contributed by atoms with Gasteiger partial charge in [0.05, 0.1) is 0 Å². The fraction of sp³-hybridized carbons (Fsp3) is 0.600. The first kappa shape index (κ1) is 14.2. The zero-order valence-electron chi connectivity index (χ0n) is 11.4. The number of halogens is 1. The fourth-order valence-electron chi connectivity index (χ4n) is 2.03. The van der Waals surface area contributed by atoms with Gasteiger partial charge in [-0.3, -0.25) is 0 Å². The number of hydrogen-bond donors (Lipinski definition) is 1. The minimum absolute atomic E-state index is 0.0836. The van der Waals surface area contributed by atoms with Crippen molar-refractivity contribution < 1.29 is 4.39 Å². The minimum atomic E-state index is -0.0836. The molecule has 0 fully saturated rings. The lowest BCUT2D eigenvalue weighted by atomic mass is 9.96. The van der Waals surface area contributed by atoms with Crippen molar-refractivity contribution in [1.29, 1.82) is 0 Å². The summed E-state index contributed by atoms with van der Waals surface area (Å²) >= 11 is 0. The highest BCUT2D eigenvalue weighted by Gasteiger charge is 2.15. The van der Waals surface area contributed by atoms with Crippen LogP contribution in [0, 0.1) is 18.7 Å². The van der Waals surface area contributed by atoms with Crippen molar-refractivity contribution in [2.75, 3.05) is 6.54 Å². The molecular weight excluding hydrogens is 213 g/mol. The highest BCUT2D eigenvalue weighted by Crippen LogP contribution is 2.24. The second-order valence-electron chi connectivity index (χ2n) is 5.11. The highest BCUT2D eigenvalue weighted by atomic mass is 19.1. The first-order valence-corrected chi connectivity index (χ1v) is 6.54. The van der Waals surface area contributed by atoms with Crippen LogP contribution in [-0.2, 0) is 0 Å². The number of hydrogen-bond acceptors (Lipinski definition) is 1. The predicted molar refractivity (Wildman–Crippen MR) is 71.6 cm³/mol. The summed E-state index contributed by atoms with van der Waals surface area (Å²) in [6, 6.07) is 5.66. The SMILES string of the molecule is CCNC(CCC(C)C)c1ccc(C)cc1F. The Balaban J connectivity index is 2.81. The molecule has 0 aliphatic heterocycles. The van der Waals surface area contributed by atoms with Gasteiger partial charge in [-0.05, 0) is 43.9 Å². The maximum absolute atomic E-state index is 13.9. The van der Waals surface area contributed by atoms with E-state index in [4.69, 9.17) is 0 Å². The molecule has 96 valence electrons. The molecule has 0 aliphatic carbocycles. The highest BCUT2D eigenvalue weighted by molar-refractivity contribution is 5.26. The Labute approximate surface area is 104 Å². The number of nitrogens with one attached hydrogen (secondary N) is 1. The average molecular weight is 237 g/mol. The van der Waals surface area contributed by atoms with Gasteiger partial charge in [0.2, 0.25) is 0 Å². The zero-order chi connectivity index (χ0) is 12.8. The van der Waals surface area contributed by atoms with E-state index in [0.29, 0.717) is 5.92 Å². The Hall–Kier alpha value is -0.890. The van der Waals surface area contributed by atoms with Gasteiger partial charge in [0.15, 0.2) is 0 Å². The smallest absolute Gasteiger partial charge is 0.128 e. The summed E-state index contributed by atoms with van der Waals surface area (Å²) in [7, 11) is 0. The number of benzene rings is 1. The average Bonchev–Trinajstić information content (AvgIpc) is 2.24. The van der Waals surface area contributed by atoms with E-state index >= 15 is 0 Å². The molecule has 1 rings (SSSR count). The number of aryl methyl sites for hydroxylation is 1. The molecule has 0 aliphatic rings. The molecule has 0 bridgehead atoms. The molecule has 17 heavy (non-hydrogen) atoms. The summed E-state index contributed by atoms with van der Waals surface area (Å²) in [6.45, 7) is 9.26. The Bertz CT molecular complexity index is 347. The summed E-state index contributed by atoms with van der Waals surface area (Å²) in [5.41, 5.74) is 1.78. The molecule has 0 radical (unpaired) electrons. The Morgan fingerprint density at radius 3 is 2.47 bits per heavy atom. The third-order valence-electron chi connectivity index (χ3n) is 3.01. The second-order valence-corrected chi connectivity index (χ2v) is 5.11. The van der Waals surface area contributed by atoms with Gasteiger partial charge < -0.3 is 5.32 Å². The third kappa shape index (κ3) is 4.47. The van der Waals surface area contributed by atoms with Gasteiger partial charge in [-0.1, -0.05) is 32.9 Å². The molecule has 1 aromatic carbocycles. The molecule has 1 unspecified atom stereocenters. The molecule has 1 nitrogen and oxygen atoms in total. The molecule has 0 saturated heterocycles. The fourth-order valence-corrected chi connectivity index (χ4v) is 2.03. The standard InChI is InChI=1S/C15H24FN/c1-5-17-15(9-6-11(2)3)13-8-7-12(4)10-14(13)16/h7-8,10-11,15,17H,5-6,9H2,1-4H3. The Kier molecular flexibility index (Phi) is 5.63. The topological polar surface area (TPSA) is 12.0 Å². The van der Waals surface area contributed by atoms with Crippen molar-refractivity contribution in [3.8, 4) is 0 Å². The van der Waals surface area contributed by atoms with Gasteiger partial charge in [-0.25, -0.2) is 4.39 Å². The van der Waals surface area contributed by atoms with E-state index in [1.54, 1.807) is 6.07 Å². The van der Waals surface area contributed by atoms with Crippen LogP contribution in [0.1, 0.15) is 50.8 Å². The van der Waals surface area contributed by atoms with E-state index in [0.717, 1.165) is 30.5 Å². The molecule has 1 aromatic rings. The van der Waals surface area contributed by atoms with Crippen molar-refractivity contribution in [3.63, 3.8) is 0 Å². The zero-order valence-corrected chi connectivity index (χ0v) is 11.4. The van der Waals surface area contributed by atoms with E-state index in [-0.39, 0.29) is 11.9 Å². The largest absolute Gasteiger partial charge is 0.310 e. The maximum atomic E-state index is 13.9. The van der Waals surface area contributed by atoms with Crippen LogP contribution in [-0.4, -0.2) is 6.54 Å². The van der Waals surface area contributed by atoms with Gasteiger partial charge in [0.1, 0.15) is 5.82 Å². The Morgan fingerprint density at radius 2 is 1.94 bits per heavy atom. The molecule has 0 spiro atoms. The summed E-state index contributed by atoms with van der Waals surface area (Å²) in [5.74, 6) is 0.573. The first-order valence-electron chi connectivity index (χ1n) is 6.54. The second kappa shape index (κ2) is 6.75. The molecule has 0 aromatic heterocycles. The minimum Gasteiger partial charge on any atom is -0.310 e. The predicted octanol–water partition coefficient (Wildman–Crippen LogP) is 4.22.